The molecule has 4 rings (SSSR count). The second kappa shape index (κ2) is 11.9. The number of benzene rings is 3. The van der Waals surface area contributed by atoms with E-state index >= 15 is 0 Å². The van der Waals surface area contributed by atoms with Crippen LogP contribution < -0.4 is 14.4 Å². The summed E-state index contributed by atoms with van der Waals surface area (Å²) < 4.78 is 51.8. The molecule has 0 saturated carbocycles. The minimum Gasteiger partial charge on any atom is -0.490 e. The fourth-order valence-electron chi connectivity index (χ4n) is 3.89. The van der Waals surface area contributed by atoms with Crippen molar-refractivity contribution in [2.24, 2.45) is 0 Å². The van der Waals surface area contributed by atoms with Gasteiger partial charge in [-0.15, -0.1) is 6.58 Å². The van der Waals surface area contributed by atoms with Gasteiger partial charge >= 0.3 is 6.18 Å². The van der Waals surface area contributed by atoms with Crippen LogP contribution in [0.5, 0.6) is 11.5 Å². The topological polar surface area (TPSA) is 38.8 Å². The van der Waals surface area contributed by atoms with E-state index in [9.17, 15) is 18.0 Å². The van der Waals surface area contributed by atoms with Gasteiger partial charge in [-0.3, -0.25) is 9.69 Å². The van der Waals surface area contributed by atoms with Crippen molar-refractivity contribution in [3.05, 3.63) is 107 Å². The molecule has 0 N–H and O–H groups in total. The lowest BCUT2D eigenvalue weighted by atomic mass is 10.0. The minimum atomic E-state index is -4.53. The summed E-state index contributed by atoms with van der Waals surface area (Å²) in [6.07, 6.45) is -0.634. The smallest absolute Gasteiger partial charge is 0.416 e. The Morgan fingerprint density at radius 3 is 2.50 bits per heavy atom. The largest absolute Gasteiger partial charge is 0.490 e. The number of alkyl halides is 3. The van der Waals surface area contributed by atoms with Crippen LogP contribution in [0.1, 0.15) is 29.2 Å². The number of nitrogens with zero attached hydrogens (tertiary/aromatic N) is 1. The molecule has 0 atom stereocenters. The van der Waals surface area contributed by atoms with Gasteiger partial charge in [0.2, 0.25) is 0 Å². The second-order valence-electron chi connectivity index (χ2n) is 8.27. The molecule has 0 bridgehead atoms. The third-order valence-electron chi connectivity index (χ3n) is 5.57. The predicted molar refractivity (Wildman–Crippen MR) is 149 cm³/mol. The number of thiocarbonyl (C=S) groups is 1. The highest BCUT2D eigenvalue weighted by molar-refractivity contribution is 8.27. The highest BCUT2D eigenvalue weighted by atomic mass is 32.2. The van der Waals surface area contributed by atoms with Crippen LogP contribution in [0.3, 0.4) is 0 Å². The SMILES string of the molecule is C=CCc1cc(/C=C2/SC(=S)N(c3cccc(C(F)(F)F)c3)C2=O)cc(OCC)c1OCc1ccccc1. The first-order chi connectivity index (χ1) is 18.2. The number of hydrogen-bond acceptors (Lipinski definition) is 5. The zero-order valence-corrected chi connectivity index (χ0v) is 22.1. The lowest BCUT2D eigenvalue weighted by Gasteiger charge is -2.17. The maximum atomic E-state index is 13.2. The van der Waals surface area contributed by atoms with E-state index in [-0.39, 0.29) is 14.9 Å². The van der Waals surface area contributed by atoms with E-state index < -0.39 is 17.6 Å². The highest BCUT2D eigenvalue weighted by Gasteiger charge is 2.36. The zero-order chi connectivity index (χ0) is 27.3. The van der Waals surface area contributed by atoms with Crippen LogP contribution in [0.2, 0.25) is 0 Å². The number of carbonyl (C=O) groups is 1. The van der Waals surface area contributed by atoms with Gasteiger partial charge in [0.05, 0.1) is 22.8 Å². The van der Waals surface area contributed by atoms with Gasteiger partial charge in [-0.2, -0.15) is 13.2 Å². The Hall–Kier alpha value is -3.56. The number of rotatable bonds is 9. The zero-order valence-electron chi connectivity index (χ0n) is 20.5. The average molecular weight is 556 g/mol. The first-order valence-corrected chi connectivity index (χ1v) is 13.0. The summed E-state index contributed by atoms with van der Waals surface area (Å²) in [5.41, 5.74) is 1.71. The molecule has 1 heterocycles. The molecule has 9 heteroatoms. The molecule has 38 heavy (non-hydrogen) atoms. The summed E-state index contributed by atoms with van der Waals surface area (Å²) in [5.74, 6) is 0.610. The molecule has 1 amide bonds. The van der Waals surface area contributed by atoms with Crippen molar-refractivity contribution in [1.29, 1.82) is 0 Å². The van der Waals surface area contributed by atoms with Gasteiger partial charge < -0.3 is 9.47 Å². The lowest BCUT2D eigenvalue weighted by Crippen LogP contribution is -2.27. The quantitative estimate of drug-likeness (QED) is 0.153. The summed E-state index contributed by atoms with van der Waals surface area (Å²) in [6, 6.07) is 17.9. The fraction of sp³-hybridized carbons (Fsp3) is 0.172. The number of carbonyl (C=O) groups excluding carboxylic acids is 1. The summed E-state index contributed by atoms with van der Waals surface area (Å²) in [4.78, 5) is 14.6. The number of amides is 1. The third kappa shape index (κ3) is 6.28. The molecule has 1 aliphatic rings. The summed E-state index contributed by atoms with van der Waals surface area (Å²) in [5, 5.41) is 0. The Balaban J connectivity index is 1.66. The monoisotopic (exact) mass is 555 g/mol. The normalized spacial score (nSPS) is 14.7. The molecule has 3 aromatic rings. The molecule has 0 unspecified atom stereocenters. The molecule has 0 radical (unpaired) electrons. The van der Waals surface area contributed by atoms with Crippen LogP contribution in [-0.2, 0) is 24.0 Å². The number of thioether (sulfide) groups is 1. The predicted octanol–water partition coefficient (Wildman–Crippen LogP) is 7.82. The Labute approximate surface area is 228 Å². The summed E-state index contributed by atoms with van der Waals surface area (Å²) in [6.45, 7) is 6.45. The Morgan fingerprint density at radius 1 is 1.05 bits per heavy atom. The van der Waals surface area contributed by atoms with Gasteiger partial charge in [-0.05, 0) is 60.9 Å². The number of anilines is 1. The molecule has 0 aliphatic carbocycles. The van der Waals surface area contributed by atoms with Gasteiger partial charge in [-0.1, -0.05) is 66.5 Å². The van der Waals surface area contributed by atoms with Crippen LogP contribution in [0.25, 0.3) is 6.08 Å². The van der Waals surface area contributed by atoms with E-state index in [1.54, 1.807) is 18.2 Å². The van der Waals surface area contributed by atoms with E-state index in [0.717, 1.165) is 39.9 Å². The van der Waals surface area contributed by atoms with Gasteiger partial charge in [0, 0.05) is 5.56 Å². The van der Waals surface area contributed by atoms with Gasteiger partial charge in [0.15, 0.2) is 15.8 Å². The fourth-order valence-corrected chi connectivity index (χ4v) is 5.19. The number of hydrogen-bond donors (Lipinski definition) is 0. The molecule has 4 nitrogen and oxygen atoms in total. The highest BCUT2D eigenvalue weighted by Crippen LogP contribution is 2.40. The lowest BCUT2D eigenvalue weighted by molar-refractivity contribution is -0.137. The first-order valence-electron chi connectivity index (χ1n) is 11.7. The van der Waals surface area contributed by atoms with Crippen LogP contribution in [0.4, 0.5) is 18.9 Å². The summed E-state index contributed by atoms with van der Waals surface area (Å²) in [7, 11) is 0. The van der Waals surface area contributed by atoms with Crippen LogP contribution >= 0.6 is 24.0 Å². The Morgan fingerprint density at radius 2 is 1.82 bits per heavy atom. The maximum Gasteiger partial charge on any atom is 0.416 e. The van der Waals surface area contributed by atoms with Crippen LogP contribution in [0.15, 0.2) is 84.3 Å². The van der Waals surface area contributed by atoms with Crippen molar-refractivity contribution in [3.63, 3.8) is 0 Å². The van der Waals surface area contributed by atoms with Crippen molar-refractivity contribution >= 4 is 46.0 Å². The Bertz CT molecular complexity index is 1390. The molecular formula is C29H24F3NO3S2. The maximum absolute atomic E-state index is 13.2. The van der Waals surface area contributed by atoms with E-state index in [0.29, 0.717) is 36.7 Å². The standard InChI is InChI=1S/C29H24F3NO3S2/c1-3-9-21-14-20(15-24(35-4-2)26(21)36-18-19-10-6-5-7-11-19)16-25-27(34)33(28(37)38-25)23-13-8-12-22(17-23)29(30,31)32/h3,5-8,10-17H,1,4,9,18H2,2H3/b25-16+. The number of halogens is 3. The first kappa shape index (κ1) is 27.5. The van der Waals surface area contributed by atoms with Crippen molar-refractivity contribution in [3.8, 4) is 11.5 Å². The van der Waals surface area contributed by atoms with Gasteiger partial charge in [0.1, 0.15) is 6.61 Å². The molecule has 1 saturated heterocycles. The minimum absolute atomic E-state index is 0.0673. The molecule has 1 aliphatic heterocycles. The van der Waals surface area contributed by atoms with Crippen LogP contribution in [0, 0.1) is 0 Å². The van der Waals surface area contributed by atoms with Gasteiger partial charge in [0.25, 0.3) is 5.91 Å². The third-order valence-corrected chi connectivity index (χ3v) is 6.87. The Kier molecular flexibility index (Phi) is 8.58. The van der Waals surface area contributed by atoms with Crippen LogP contribution in [-0.4, -0.2) is 16.8 Å². The summed E-state index contributed by atoms with van der Waals surface area (Å²) >= 11 is 6.38. The number of ether oxygens (including phenoxy) is 2. The van der Waals surface area contributed by atoms with Crippen molar-refractivity contribution in [2.75, 3.05) is 11.5 Å². The molecule has 196 valence electrons. The second-order valence-corrected chi connectivity index (χ2v) is 9.95. The van der Waals surface area contributed by atoms with Crippen molar-refractivity contribution in [2.45, 2.75) is 26.1 Å². The molecular weight excluding hydrogens is 531 g/mol. The molecule has 0 spiro atoms. The molecule has 3 aromatic carbocycles. The van der Waals surface area contributed by atoms with Crippen molar-refractivity contribution in [1.82, 2.24) is 0 Å². The molecule has 1 fully saturated rings. The average Bonchev–Trinajstić information content (AvgIpc) is 3.16. The van der Waals surface area contributed by atoms with E-state index in [1.807, 2.05) is 43.3 Å². The molecule has 0 aromatic heterocycles. The van der Waals surface area contributed by atoms with E-state index in [4.69, 9.17) is 21.7 Å². The number of allylic oxidation sites excluding steroid dienone is 1. The van der Waals surface area contributed by atoms with Gasteiger partial charge in [-0.25, -0.2) is 0 Å². The van der Waals surface area contributed by atoms with E-state index in [2.05, 4.69) is 6.58 Å². The van der Waals surface area contributed by atoms with Crippen molar-refractivity contribution < 1.29 is 27.4 Å². The van der Waals surface area contributed by atoms with E-state index in [1.165, 1.54) is 12.1 Å².